The number of hydrogen-bond donors (Lipinski definition) is 2. The Morgan fingerprint density at radius 1 is 1.10 bits per heavy atom. The quantitative estimate of drug-likeness (QED) is 0.326. The summed E-state index contributed by atoms with van der Waals surface area (Å²) in [5.74, 6) is 0.0271. The second-order valence-corrected chi connectivity index (χ2v) is 8.70. The number of carbonyl (C=O) groups excluding carboxylic acids is 1. The molecule has 0 saturated heterocycles. The molecule has 0 aliphatic heterocycles. The van der Waals surface area contributed by atoms with E-state index in [2.05, 4.69) is 30.5 Å². The number of ether oxygens (including phenoxy) is 1. The van der Waals surface area contributed by atoms with Gasteiger partial charge >= 0.3 is 5.97 Å². The third-order valence-electron chi connectivity index (χ3n) is 5.12. The third-order valence-corrected chi connectivity index (χ3v) is 6.34. The highest BCUT2D eigenvalue weighted by Gasteiger charge is 2.24. The average Bonchev–Trinajstić information content (AvgIpc) is 3.08. The van der Waals surface area contributed by atoms with Crippen LogP contribution in [0.25, 0.3) is 11.1 Å². The molecule has 0 saturated carbocycles. The number of thiocarbonyl (C=S) groups is 1. The van der Waals surface area contributed by atoms with Gasteiger partial charge in [-0.25, -0.2) is 4.79 Å². The van der Waals surface area contributed by atoms with E-state index in [1.165, 1.54) is 24.0 Å². The topological polar surface area (TPSA) is 50.4 Å². The number of aryl methyl sites for hydroxylation is 1. The van der Waals surface area contributed by atoms with Gasteiger partial charge in [0.1, 0.15) is 10.6 Å². The van der Waals surface area contributed by atoms with Crippen LogP contribution >= 0.6 is 23.6 Å². The van der Waals surface area contributed by atoms with Crippen LogP contribution in [0.5, 0.6) is 0 Å². The number of carbonyl (C=O) groups is 1. The predicted octanol–water partition coefficient (Wildman–Crippen LogP) is 6.83. The van der Waals surface area contributed by atoms with Crippen LogP contribution in [0.3, 0.4) is 0 Å². The summed E-state index contributed by atoms with van der Waals surface area (Å²) in [6, 6.07) is 18.0. The number of thiophene rings is 1. The van der Waals surface area contributed by atoms with Crippen molar-refractivity contribution in [3.63, 3.8) is 0 Å². The maximum atomic E-state index is 12.6. The second kappa shape index (κ2) is 9.87. The van der Waals surface area contributed by atoms with Crippen molar-refractivity contribution in [1.82, 2.24) is 0 Å². The molecular weight excluding hydrogens is 412 g/mol. The normalized spacial score (nSPS) is 11.6. The van der Waals surface area contributed by atoms with Crippen molar-refractivity contribution >= 4 is 45.3 Å². The minimum absolute atomic E-state index is 0.386. The van der Waals surface area contributed by atoms with Gasteiger partial charge in [0.05, 0.1) is 7.11 Å². The Morgan fingerprint density at radius 2 is 1.77 bits per heavy atom. The SMILES string of the molecule is CCC(C)c1ccccc1NC(=S)Nc1sc(C)c(-c2ccccc2)c1C(=O)OC. The largest absolute Gasteiger partial charge is 0.465 e. The number of methoxy groups -OCH3 is 1. The molecular formula is C24H26N2O2S2. The van der Waals surface area contributed by atoms with Gasteiger partial charge in [-0.15, -0.1) is 11.3 Å². The molecule has 30 heavy (non-hydrogen) atoms. The zero-order valence-corrected chi connectivity index (χ0v) is 19.2. The van der Waals surface area contributed by atoms with Crippen molar-refractivity contribution in [2.24, 2.45) is 0 Å². The van der Waals surface area contributed by atoms with Crippen LogP contribution in [-0.4, -0.2) is 18.2 Å². The Balaban J connectivity index is 1.92. The molecule has 0 bridgehead atoms. The molecule has 1 atom stereocenters. The highest BCUT2D eigenvalue weighted by Crippen LogP contribution is 2.40. The van der Waals surface area contributed by atoms with E-state index in [0.29, 0.717) is 21.6 Å². The Labute approximate surface area is 187 Å². The molecule has 1 heterocycles. The molecule has 2 aromatic carbocycles. The molecule has 0 radical (unpaired) electrons. The number of anilines is 2. The molecule has 3 rings (SSSR count). The van der Waals surface area contributed by atoms with Gasteiger partial charge in [-0.05, 0) is 48.7 Å². The average molecular weight is 439 g/mol. The summed E-state index contributed by atoms with van der Waals surface area (Å²) in [5, 5.41) is 7.65. The summed E-state index contributed by atoms with van der Waals surface area (Å²) in [6.45, 7) is 6.36. The predicted molar refractivity (Wildman–Crippen MR) is 131 cm³/mol. The van der Waals surface area contributed by atoms with E-state index in [-0.39, 0.29) is 5.97 Å². The van der Waals surface area contributed by atoms with Crippen molar-refractivity contribution in [2.45, 2.75) is 33.1 Å². The van der Waals surface area contributed by atoms with Crippen LogP contribution in [-0.2, 0) is 4.74 Å². The number of rotatable bonds is 6. The molecule has 1 unspecified atom stereocenters. The molecule has 0 aliphatic carbocycles. The van der Waals surface area contributed by atoms with E-state index in [4.69, 9.17) is 17.0 Å². The number of esters is 1. The van der Waals surface area contributed by atoms with Gasteiger partial charge in [0.15, 0.2) is 5.11 Å². The fourth-order valence-corrected chi connectivity index (χ4v) is 4.74. The van der Waals surface area contributed by atoms with Crippen LogP contribution < -0.4 is 10.6 Å². The molecule has 4 nitrogen and oxygen atoms in total. The van der Waals surface area contributed by atoms with Crippen LogP contribution in [0.4, 0.5) is 10.7 Å². The van der Waals surface area contributed by atoms with E-state index < -0.39 is 0 Å². The van der Waals surface area contributed by atoms with Gasteiger partial charge < -0.3 is 15.4 Å². The molecule has 2 N–H and O–H groups in total. The lowest BCUT2D eigenvalue weighted by Gasteiger charge is -2.17. The molecule has 3 aromatic rings. The third kappa shape index (κ3) is 4.71. The minimum Gasteiger partial charge on any atom is -0.465 e. The van der Waals surface area contributed by atoms with Gasteiger partial charge in [0.25, 0.3) is 0 Å². The first-order valence-corrected chi connectivity index (χ1v) is 11.1. The van der Waals surface area contributed by atoms with Crippen molar-refractivity contribution in [3.05, 3.63) is 70.6 Å². The number of para-hydroxylation sites is 1. The van der Waals surface area contributed by atoms with Crippen LogP contribution in [0.2, 0.25) is 0 Å². The summed E-state index contributed by atoms with van der Waals surface area (Å²) >= 11 is 7.08. The first-order valence-electron chi connectivity index (χ1n) is 9.90. The van der Waals surface area contributed by atoms with Crippen molar-refractivity contribution in [2.75, 3.05) is 17.7 Å². The van der Waals surface area contributed by atoms with Gasteiger partial charge in [0, 0.05) is 16.1 Å². The first-order chi connectivity index (χ1) is 14.5. The molecule has 0 spiro atoms. The van der Waals surface area contributed by atoms with E-state index >= 15 is 0 Å². The van der Waals surface area contributed by atoms with Gasteiger partial charge in [-0.3, -0.25) is 0 Å². The molecule has 156 valence electrons. The van der Waals surface area contributed by atoms with Crippen LogP contribution in [0, 0.1) is 6.92 Å². The molecule has 0 aliphatic rings. The molecule has 0 amide bonds. The van der Waals surface area contributed by atoms with Crippen molar-refractivity contribution in [1.29, 1.82) is 0 Å². The number of benzene rings is 2. The summed E-state index contributed by atoms with van der Waals surface area (Å²) in [7, 11) is 1.40. The Bertz CT molecular complexity index is 1040. The monoisotopic (exact) mass is 438 g/mol. The Hall–Kier alpha value is -2.70. The lowest BCUT2D eigenvalue weighted by Crippen LogP contribution is -2.21. The zero-order chi connectivity index (χ0) is 21.7. The Kier molecular flexibility index (Phi) is 7.24. The van der Waals surface area contributed by atoms with E-state index in [9.17, 15) is 4.79 Å². The van der Waals surface area contributed by atoms with E-state index in [1.807, 2.05) is 55.5 Å². The van der Waals surface area contributed by atoms with Gasteiger partial charge in [0.2, 0.25) is 0 Å². The van der Waals surface area contributed by atoms with Gasteiger partial charge in [-0.2, -0.15) is 0 Å². The maximum Gasteiger partial charge on any atom is 0.341 e. The standard InChI is InChI=1S/C24H26N2O2S2/c1-5-15(2)18-13-9-10-14-19(18)25-24(29)26-22-21(23(27)28-4)20(16(3)30-22)17-11-7-6-8-12-17/h6-15H,5H2,1-4H3,(H2,25,26,29). The van der Waals surface area contributed by atoms with Gasteiger partial charge in [-0.1, -0.05) is 62.4 Å². The zero-order valence-electron chi connectivity index (χ0n) is 17.6. The van der Waals surface area contributed by atoms with Crippen molar-refractivity contribution in [3.8, 4) is 11.1 Å². The summed E-state index contributed by atoms with van der Waals surface area (Å²) in [5.41, 5.74) is 4.54. The highest BCUT2D eigenvalue weighted by atomic mass is 32.1. The minimum atomic E-state index is -0.386. The lowest BCUT2D eigenvalue weighted by molar-refractivity contribution is 0.0603. The lowest BCUT2D eigenvalue weighted by atomic mass is 9.97. The molecule has 1 aromatic heterocycles. The second-order valence-electron chi connectivity index (χ2n) is 7.07. The maximum absolute atomic E-state index is 12.6. The summed E-state index contributed by atoms with van der Waals surface area (Å²) < 4.78 is 5.08. The molecule has 0 fully saturated rings. The summed E-state index contributed by atoms with van der Waals surface area (Å²) in [4.78, 5) is 13.7. The highest BCUT2D eigenvalue weighted by molar-refractivity contribution is 7.80. The fraction of sp³-hybridized carbons (Fsp3) is 0.250. The van der Waals surface area contributed by atoms with Crippen LogP contribution in [0.1, 0.15) is 47.0 Å². The first kappa shape index (κ1) is 22.0. The van der Waals surface area contributed by atoms with Crippen LogP contribution in [0.15, 0.2) is 54.6 Å². The smallest absolute Gasteiger partial charge is 0.341 e. The fourth-order valence-electron chi connectivity index (χ4n) is 3.40. The summed E-state index contributed by atoms with van der Waals surface area (Å²) in [6.07, 6.45) is 1.04. The Morgan fingerprint density at radius 3 is 2.43 bits per heavy atom. The van der Waals surface area contributed by atoms with Crippen molar-refractivity contribution < 1.29 is 9.53 Å². The van der Waals surface area contributed by atoms with E-state index in [1.54, 1.807) is 0 Å². The number of hydrogen-bond acceptors (Lipinski definition) is 4. The molecule has 6 heteroatoms. The van der Waals surface area contributed by atoms with E-state index in [0.717, 1.165) is 28.1 Å². The number of nitrogens with one attached hydrogen (secondary N) is 2.